The molecule has 0 atom stereocenters. The lowest BCUT2D eigenvalue weighted by atomic mass is 10.1. The van der Waals surface area contributed by atoms with E-state index in [2.05, 4.69) is 4.90 Å². The highest BCUT2D eigenvalue weighted by molar-refractivity contribution is 5.77. The van der Waals surface area contributed by atoms with Gasteiger partial charge in [-0.3, -0.25) is 9.69 Å². The molecule has 2 aliphatic rings. The van der Waals surface area contributed by atoms with Crippen molar-refractivity contribution < 1.29 is 27.8 Å². The number of hydrogen-bond acceptors (Lipinski definition) is 5. The van der Waals surface area contributed by atoms with E-state index in [0.717, 1.165) is 48.8 Å². The summed E-state index contributed by atoms with van der Waals surface area (Å²) in [7, 11) is 0. The van der Waals surface area contributed by atoms with E-state index in [9.17, 15) is 13.6 Å². The summed E-state index contributed by atoms with van der Waals surface area (Å²) in [5.41, 5.74) is 1.13. The molecule has 0 spiro atoms. The Labute approximate surface area is 161 Å². The van der Waals surface area contributed by atoms with Crippen LogP contribution in [0.3, 0.4) is 0 Å². The lowest BCUT2D eigenvalue weighted by molar-refractivity contribution is -0.135. The van der Waals surface area contributed by atoms with Crippen molar-refractivity contribution in [2.45, 2.75) is 6.54 Å². The fraction of sp³-hybridized carbons (Fsp3) is 0.350. The molecule has 1 saturated heterocycles. The molecule has 148 valence electrons. The zero-order valence-corrected chi connectivity index (χ0v) is 15.2. The van der Waals surface area contributed by atoms with Crippen LogP contribution in [-0.4, -0.2) is 55.3 Å². The van der Waals surface area contributed by atoms with Crippen LogP contribution in [0.25, 0.3) is 0 Å². The maximum atomic E-state index is 13.2. The fourth-order valence-corrected chi connectivity index (χ4v) is 3.26. The van der Waals surface area contributed by atoms with Crippen LogP contribution < -0.4 is 14.2 Å². The van der Waals surface area contributed by atoms with E-state index in [-0.39, 0.29) is 25.1 Å². The molecule has 8 heteroatoms. The second kappa shape index (κ2) is 8.02. The van der Waals surface area contributed by atoms with Crippen LogP contribution in [0, 0.1) is 11.6 Å². The van der Waals surface area contributed by atoms with Gasteiger partial charge in [-0.15, -0.1) is 0 Å². The van der Waals surface area contributed by atoms with E-state index in [0.29, 0.717) is 13.1 Å². The van der Waals surface area contributed by atoms with Gasteiger partial charge in [-0.2, -0.15) is 0 Å². The average molecular weight is 390 g/mol. The van der Waals surface area contributed by atoms with Crippen molar-refractivity contribution in [3.8, 4) is 17.2 Å². The maximum absolute atomic E-state index is 13.2. The summed E-state index contributed by atoms with van der Waals surface area (Å²) in [6.45, 7) is 3.48. The van der Waals surface area contributed by atoms with Crippen LogP contribution in [0.1, 0.15) is 5.56 Å². The Balaban J connectivity index is 1.24. The first-order chi connectivity index (χ1) is 13.6. The van der Waals surface area contributed by atoms with Gasteiger partial charge in [0.15, 0.2) is 29.7 Å². The molecule has 4 rings (SSSR count). The number of fused-ring (bicyclic) bond motifs is 1. The predicted octanol–water partition coefficient (Wildman–Crippen LogP) is 2.42. The number of hydrogen-bond donors (Lipinski definition) is 0. The number of benzene rings is 2. The number of halogens is 2. The smallest absolute Gasteiger partial charge is 0.260 e. The fourth-order valence-electron chi connectivity index (χ4n) is 3.26. The number of ether oxygens (including phenoxy) is 3. The number of nitrogens with zero attached hydrogens (tertiary/aromatic N) is 2. The molecule has 28 heavy (non-hydrogen) atoms. The Bertz CT molecular complexity index is 869. The van der Waals surface area contributed by atoms with E-state index >= 15 is 0 Å². The maximum Gasteiger partial charge on any atom is 0.260 e. The normalized spacial score (nSPS) is 16.3. The Morgan fingerprint density at radius 3 is 2.54 bits per heavy atom. The third kappa shape index (κ3) is 4.17. The molecule has 0 N–H and O–H groups in total. The molecule has 2 heterocycles. The third-order valence-electron chi connectivity index (χ3n) is 4.82. The summed E-state index contributed by atoms with van der Waals surface area (Å²) >= 11 is 0. The van der Waals surface area contributed by atoms with Gasteiger partial charge in [0.05, 0.1) is 0 Å². The van der Waals surface area contributed by atoms with Gasteiger partial charge < -0.3 is 19.1 Å². The van der Waals surface area contributed by atoms with Crippen molar-refractivity contribution in [3.05, 3.63) is 53.6 Å². The molecule has 0 radical (unpaired) electrons. The molecule has 0 aromatic heterocycles. The van der Waals surface area contributed by atoms with E-state index < -0.39 is 11.6 Å². The van der Waals surface area contributed by atoms with E-state index in [4.69, 9.17) is 14.2 Å². The molecule has 0 aliphatic carbocycles. The Morgan fingerprint density at radius 1 is 0.964 bits per heavy atom. The summed E-state index contributed by atoms with van der Waals surface area (Å²) in [5.74, 6) is -0.457. The first-order valence-electron chi connectivity index (χ1n) is 9.05. The monoisotopic (exact) mass is 390 g/mol. The number of rotatable bonds is 5. The van der Waals surface area contributed by atoms with Crippen LogP contribution in [-0.2, 0) is 11.3 Å². The van der Waals surface area contributed by atoms with Gasteiger partial charge in [0.2, 0.25) is 6.79 Å². The second-order valence-corrected chi connectivity index (χ2v) is 6.71. The van der Waals surface area contributed by atoms with Crippen LogP contribution in [0.2, 0.25) is 0 Å². The van der Waals surface area contributed by atoms with Crippen LogP contribution in [0.15, 0.2) is 36.4 Å². The van der Waals surface area contributed by atoms with Gasteiger partial charge in [-0.25, -0.2) is 8.78 Å². The SMILES string of the molecule is O=C(COc1ccc(F)c(F)c1)N1CCN(Cc2ccc3c(c2)OCO3)CC1. The highest BCUT2D eigenvalue weighted by Gasteiger charge is 2.22. The highest BCUT2D eigenvalue weighted by atomic mass is 19.2. The molecule has 2 aliphatic heterocycles. The number of piperazine rings is 1. The van der Waals surface area contributed by atoms with Gasteiger partial charge in [-0.1, -0.05) is 6.07 Å². The van der Waals surface area contributed by atoms with Gasteiger partial charge >= 0.3 is 0 Å². The van der Waals surface area contributed by atoms with Crippen molar-refractivity contribution in [2.75, 3.05) is 39.6 Å². The summed E-state index contributed by atoms with van der Waals surface area (Å²) in [6, 6.07) is 9.12. The first-order valence-corrected chi connectivity index (χ1v) is 9.05. The molecule has 0 saturated carbocycles. The highest BCUT2D eigenvalue weighted by Crippen LogP contribution is 2.32. The van der Waals surface area contributed by atoms with Crippen molar-refractivity contribution in [1.29, 1.82) is 0 Å². The molecule has 6 nitrogen and oxygen atoms in total. The van der Waals surface area contributed by atoms with Crippen molar-refractivity contribution in [1.82, 2.24) is 9.80 Å². The van der Waals surface area contributed by atoms with E-state index in [1.54, 1.807) is 4.90 Å². The van der Waals surface area contributed by atoms with Gasteiger partial charge in [-0.05, 0) is 29.8 Å². The lowest BCUT2D eigenvalue weighted by Crippen LogP contribution is -2.49. The molecular formula is C20H20F2N2O4. The first kappa shape index (κ1) is 18.5. The number of carbonyl (C=O) groups excluding carboxylic acids is 1. The van der Waals surface area contributed by atoms with Crippen molar-refractivity contribution >= 4 is 5.91 Å². The summed E-state index contributed by atoms with van der Waals surface area (Å²) < 4.78 is 42.1. The summed E-state index contributed by atoms with van der Waals surface area (Å²) in [4.78, 5) is 16.3. The minimum atomic E-state index is -0.998. The quantitative estimate of drug-likeness (QED) is 0.785. The zero-order chi connectivity index (χ0) is 19.5. The minimum absolute atomic E-state index is 0.133. The molecule has 0 bridgehead atoms. The third-order valence-corrected chi connectivity index (χ3v) is 4.82. The molecule has 2 aromatic carbocycles. The Hall–Kier alpha value is -2.87. The van der Waals surface area contributed by atoms with Gasteiger partial charge in [0.1, 0.15) is 5.75 Å². The largest absolute Gasteiger partial charge is 0.484 e. The average Bonchev–Trinajstić information content (AvgIpc) is 3.17. The van der Waals surface area contributed by atoms with Crippen LogP contribution in [0.4, 0.5) is 8.78 Å². The van der Waals surface area contributed by atoms with Crippen molar-refractivity contribution in [3.63, 3.8) is 0 Å². The van der Waals surface area contributed by atoms with Gasteiger partial charge in [0.25, 0.3) is 5.91 Å². The minimum Gasteiger partial charge on any atom is -0.484 e. The second-order valence-electron chi connectivity index (χ2n) is 6.71. The van der Waals surface area contributed by atoms with Crippen molar-refractivity contribution in [2.24, 2.45) is 0 Å². The lowest BCUT2D eigenvalue weighted by Gasteiger charge is -2.34. The molecule has 1 fully saturated rings. The van der Waals surface area contributed by atoms with E-state index in [1.807, 2.05) is 18.2 Å². The number of amides is 1. The topological polar surface area (TPSA) is 51.2 Å². The predicted molar refractivity (Wildman–Crippen MR) is 96.3 cm³/mol. The molecule has 0 unspecified atom stereocenters. The molecule has 1 amide bonds. The van der Waals surface area contributed by atoms with Crippen LogP contribution in [0.5, 0.6) is 17.2 Å². The Kier molecular flexibility index (Phi) is 5.29. The van der Waals surface area contributed by atoms with E-state index in [1.165, 1.54) is 6.07 Å². The summed E-state index contributed by atoms with van der Waals surface area (Å²) in [5, 5.41) is 0. The molecule has 2 aromatic rings. The van der Waals surface area contributed by atoms with Crippen LogP contribution >= 0.6 is 0 Å². The summed E-state index contributed by atoms with van der Waals surface area (Å²) in [6.07, 6.45) is 0. The number of carbonyl (C=O) groups is 1. The standard InChI is InChI=1S/C20H20F2N2O4/c21-16-3-2-15(10-17(16)22)26-12-20(25)24-7-5-23(6-8-24)11-14-1-4-18-19(9-14)28-13-27-18/h1-4,9-10H,5-8,11-13H2. The molecular weight excluding hydrogens is 370 g/mol. The zero-order valence-electron chi connectivity index (χ0n) is 15.2. The van der Waals surface area contributed by atoms with Gasteiger partial charge in [0, 0.05) is 38.8 Å². The Morgan fingerprint density at radius 2 is 1.75 bits per heavy atom.